The Morgan fingerprint density at radius 3 is 2.35 bits per heavy atom. The van der Waals surface area contributed by atoms with E-state index in [0.29, 0.717) is 18.5 Å². The van der Waals surface area contributed by atoms with Crippen LogP contribution in [0.2, 0.25) is 0 Å². The number of aromatic nitrogens is 1. The van der Waals surface area contributed by atoms with E-state index in [1.54, 1.807) is 20.8 Å². The lowest BCUT2D eigenvalue weighted by Gasteiger charge is -2.37. The van der Waals surface area contributed by atoms with Gasteiger partial charge in [0, 0.05) is 12.1 Å². The number of ether oxygens (including phenoxy) is 1. The van der Waals surface area contributed by atoms with Crippen LogP contribution in [0.3, 0.4) is 0 Å². The summed E-state index contributed by atoms with van der Waals surface area (Å²) in [7, 11) is 0. The van der Waals surface area contributed by atoms with Crippen molar-refractivity contribution >= 4 is 11.8 Å². The number of pyridine rings is 1. The van der Waals surface area contributed by atoms with Gasteiger partial charge in [0.2, 0.25) is 0 Å². The zero-order valence-corrected chi connectivity index (χ0v) is 13.2. The number of carbonyl (C=O) groups is 1. The number of nitrogens with zero attached hydrogens (tertiary/aromatic N) is 1. The van der Waals surface area contributed by atoms with Crippen molar-refractivity contribution in [3.63, 3.8) is 0 Å². The molecule has 0 atom stereocenters. The van der Waals surface area contributed by atoms with Gasteiger partial charge in [-0.3, -0.25) is 0 Å². The molecule has 0 saturated heterocycles. The monoisotopic (exact) mass is 331 g/mol. The van der Waals surface area contributed by atoms with E-state index in [-0.39, 0.29) is 12.1 Å². The van der Waals surface area contributed by atoms with Crippen molar-refractivity contribution in [2.75, 3.05) is 5.32 Å². The molecular weight excluding hydrogens is 311 g/mol. The largest absolute Gasteiger partial charge is 0.444 e. The molecule has 1 aliphatic carbocycles. The Morgan fingerprint density at radius 1 is 1.22 bits per heavy atom. The molecule has 0 aliphatic heterocycles. The van der Waals surface area contributed by atoms with E-state index in [0.717, 1.165) is 12.3 Å². The van der Waals surface area contributed by atoms with Crippen molar-refractivity contribution < 1.29 is 22.7 Å². The van der Waals surface area contributed by atoms with Crippen molar-refractivity contribution in [2.45, 2.75) is 57.5 Å². The number of alkyl halides is 3. The minimum atomic E-state index is -4.43. The minimum Gasteiger partial charge on any atom is -0.444 e. The van der Waals surface area contributed by atoms with Gasteiger partial charge in [-0.15, -0.1) is 0 Å². The van der Waals surface area contributed by atoms with Gasteiger partial charge in [-0.2, -0.15) is 13.2 Å². The molecule has 0 unspecified atom stereocenters. The summed E-state index contributed by atoms with van der Waals surface area (Å²) in [5, 5.41) is 5.84. The van der Waals surface area contributed by atoms with Gasteiger partial charge in [-0.05, 0) is 45.7 Å². The van der Waals surface area contributed by atoms with Crippen LogP contribution in [0.1, 0.15) is 39.3 Å². The summed E-state index contributed by atoms with van der Waals surface area (Å²) in [5.74, 6) is 0. The Hall–Kier alpha value is -1.99. The first-order valence-corrected chi connectivity index (χ1v) is 7.32. The Labute approximate surface area is 132 Å². The summed E-state index contributed by atoms with van der Waals surface area (Å²) in [4.78, 5) is 15.0. The molecule has 2 rings (SSSR count). The maximum absolute atomic E-state index is 12.4. The Morgan fingerprint density at radius 2 is 1.87 bits per heavy atom. The normalized spacial score (nSPS) is 21.3. The summed E-state index contributed by atoms with van der Waals surface area (Å²) in [5.41, 5.74) is -0.933. The second kappa shape index (κ2) is 6.25. The van der Waals surface area contributed by atoms with Crippen LogP contribution in [0.15, 0.2) is 18.3 Å². The topological polar surface area (TPSA) is 63.2 Å². The number of rotatable bonds is 3. The van der Waals surface area contributed by atoms with Crippen molar-refractivity contribution in [3.8, 4) is 0 Å². The molecule has 1 fully saturated rings. The molecule has 1 saturated carbocycles. The lowest BCUT2D eigenvalue weighted by atomic mass is 9.87. The first-order valence-electron chi connectivity index (χ1n) is 7.32. The third-order valence-electron chi connectivity index (χ3n) is 3.28. The number of hydrogen-bond donors (Lipinski definition) is 2. The highest BCUT2D eigenvalue weighted by Gasteiger charge is 2.33. The summed E-state index contributed by atoms with van der Waals surface area (Å²) in [6.45, 7) is 5.36. The van der Waals surface area contributed by atoms with Crippen LogP contribution in [0, 0.1) is 0 Å². The molecule has 0 spiro atoms. The maximum Gasteiger partial charge on any atom is 0.433 e. The lowest BCUT2D eigenvalue weighted by Crippen LogP contribution is -2.50. The Balaban J connectivity index is 1.75. The molecule has 2 N–H and O–H groups in total. The second-order valence-corrected chi connectivity index (χ2v) is 6.59. The lowest BCUT2D eigenvalue weighted by molar-refractivity contribution is -0.141. The Kier molecular flexibility index (Phi) is 4.72. The third kappa shape index (κ3) is 5.30. The number of nitrogens with one attached hydrogen (secondary N) is 2. The predicted octanol–water partition coefficient (Wildman–Crippen LogP) is 3.57. The second-order valence-electron chi connectivity index (χ2n) is 6.59. The zero-order valence-electron chi connectivity index (χ0n) is 13.2. The third-order valence-corrected chi connectivity index (χ3v) is 3.28. The molecule has 5 nitrogen and oxygen atoms in total. The fourth-order valence-electron chi connectivity index (χ4n) is 2.21. The van der Waals surface area contributed by atoms with Gasteiger partial charge in [0.1, 0.15) is 11.3 Å². The number of alkyl carbamates (subject to hydrolysis) is 1. The first kappa shape index (κ1) is 17.4. The van der Waals surface area contributed by atoms with Crippen LogP contribution in [0.4, 0.5) is 23.7 Å². The molecule has 1 aromatic heterocycles. The van der Waals surface area contributed by atoms with E-state index in [2.05, 4.69) is 15.6 Å². The molecule has 128 valence electrons. The van der Waals surface area contributed by atoms with Crippen molar-refractivity contribution in [2.24, 2.45) is 0 Å². The van der Waals surface area contributed by atoms with Crippen molar-refractivity contribution in [1.29, 1.82) is 0 Å². The van der Waals surface area contributed by atoms with Crippen molar-refractivity contribution in [3.05, 3.63) is 24.0 Å². The summed E-state index contributed by atoms with van der Waals surface area (Å²) >= 11 is 0. The minimum absolute atomic E-state index is 0.00441. The molecule has 0 aromatic carbocycles. The van der Waals surface area contributed by atoms with Gasteiger partial charge >= 0.3 is 12.3 Å². The zero-order chi connectivity index (χ0) is 17.3. The average molecular weight is 331 g/mol. The standard InChI is InChI=1S/C15H20F3N3O2/c1-14(2,3)23-13(22)21-11-6-10(7-11)20-9-4-5-12(19-8-9)15(16,17)18/h4-5,8,10-11,20H,6-7H2,1-3H3,(H,21,22). The average Bonchev–Trinajstić information content (AvgIpc) is 2.33. The van der Waals surface area contributed by atoms with Crippen LogP contribution >= 0.6 is 0 Å². The fraction of sp³-hybridized carbons (Fsp3) is 0.600. The number of anilines is 1. The number of halogens is 3. The van der Waals surface area contributed by atoms with E-state index in [1.807, 2.05) is 0 Å². The first-order chi connectivity index (χ1) is 10.5. The molecule has 8 heteroatoms. The van der Waals surface area contributed by atoms with Crippen LogP contribution < -0.4 is 10.6 Å². The maximum atomic E-state index is 12.4. The van der Waals surface area contributed by atoms with Crippen LogP contribution in [0.25, 0.3) is 0 Å². The SMILES string of the molecule is CC(C)(C)OC(=O)NC1CC(Nc2ccc(C(F)(F)F)nc2)C1. The fourth-order valence-corrected chi connectivity index (χ4v) is 2.21. The van der Waals surface area contributed by atoms with Crippen LogP contribution in [0.5, 0.6) is 0 Å². The number of carbonyl (C=O) groups excluding carboxylic acids is 1. The van der Waals surface area contributed by atoms with E-state index >= 15 is 0 Å². The highest BCUT2D eigenvalue weighted by atomic mass is 19.4. The van der Waals surface area contributed by atoms with E-state index in [1.165, 1.54) is 6.07 Å². The summed E-state index contributed by atoms with van der Waals surface area (Å²) in [6.07, 6.45) is -2.37. The summed E-state index contributed by atoms with van der Waals surface area (Å²) in [6, 6.07) is 2.39. The predicted molar refractivity (Wildman–Crippen MR) is 79.0 cm³/mol. The van der Waals surface area contributed by atoms with Gasteiger partial charge in [0.15, 0.2) is 0 Å². The Bertz CT molecular complexity index is 547. The number of hydrogen-bond acceptors (Lipinski definition) is 4. The molecule has 1 aromatic rings. The molecule has 0 radical (unpaired) electrons. The number of amides is 1. The molecule has 1 aliphatic rings. The quantitative estimate of drug-likeness (QED) is 0.889. The van der Waals surface area contributed by atoms with Gasteiger partial charge in [0.25, 0.3) is 0 Å². The molecule has 1 amide bonds. The summed E-state index contributed by atoms with van der Waals surface area (Å²) < 4.78 is 42.4. The van der Waals surface area contributed by atoms with E-state index < -0.39 is 23.6 Å². The van der Waals surface area contributed by atoms with Gasteiger partial charge in [-0.25, -0.2) is 9.78 Å². The van der Waals surface area contributed by atoms with Crippen LogP contribution in [-0.4, -0.2) is 28.8 Å². The van der Waals surface area contributed by atoms with Gasteiger partial charge in [0.05, 0.1) is 11.9 Å². The molecule has 23 heavy (non-hydrogen) atoms. The smallest absolute Gasteiger partial charge is 0.433 e. The van der Waals surface area contributed by atoms with Crippen LogP contribution in [-0.2, 0) is 10.9 Å². The molecular formula is C15H20F3N3O2. The van der Waals surface area contributed by atoms with Gasteiger partial charge in [-0.1, -0.05) is 0 Å². The van der Waals surface area contributed by atoms with E-state index in [9.17, 15) is 18.0 Å². The highest BCUT2D eigenvalue weighted by Crippen LogP contribution is 2.29. The van der Waals surface area contributed by atoms with Gasteiger partial charge < -0.3 is 15.4 Å². The highest BCUT2D eigenvalue weighted by molar-refractivity contribution is 5.68. The van der Waals surface area contributed by atoms with E-state index in [4.69, 9.17) is 4.74 Å². The van der Waals surface area contributed by atoms with Crippen molar-refractivity contribution in [1.82, 2.24) is 10.3 Å². The molecule has 0 bridgehead atoms. The molecule has 1 heterocycles.